The predicted octanol–water partition coefficient (Wildman–Crippen LogP) is 1.64. The lowest BCUT2D eigenvalue weighted by molar-refractivity contribution is -0.142. The summed E-state index contributed by atoms with van der Waals surface area (Å²) >= 11 is 0. The van der Waals surface area contributed by atoms with E-state index < -0.39 is 12.0 Å². The second-order valence-electron chi connectivity index (χ2n) is 4.84. The smallest absolute Gasteiger partial charge is 0.330 e. The van der Waals surface area contributed by atoms with Crippen LogP contribution >= 0.6 is 0 Å². The Hall–Kier alpha value is -2.70. The van der Waals surface area contributed by atoms with E-state index in [0.29, 0.717) is 30.1 Å². The summed E-state index contributed by atoms with van der Waals surface area (Å²) in [6, 6.07) is 7.54. The summed E-state index contributed by atoms with van der Waals surface area (Å²) in [6.45, 7) is 1.72. The Kier molecular flexibility index (Phi) is 5.24. The van der Waals surface area contributed by atoms with E-state index in [9.17, 15) is 14.7 Å². The Morgan fingerprint density at radius 1 is 1.32 bits per heavy atom. The molecule has 1 unspecified atom stereocenters. The number of carbonyl (C=O) groups excluding carboxylic acids is 1. The van der Waals surface area contributed by atoms with Gasteiger partial charge in [0.05, 0.1) is 0 Å². The van der Waals surface area contributed by atoms with Gasteiger partial charge in [-0.05, 0) is 18.9 Å². The molecule has 2 aromatic rings. The van der Waals surface area contributed by atoms with E-state index in [2.05, 4.69) is 15.5 Å². The molecule has 1 atom stereocenters. The van der Waals surface area contributed by atoms with Gasteiger partial charge in [-0.2, -0.15) is 4.98 Å². The lowest BCUT2D eigenvalue weighted by atomic mass is 10.1. The molecule has 22 heavy (non-hydrogen) atoms. The highest BCUT2D eigenvalue weighted by atomic mass is 16.5. The van der Waals surface area contributed by atoms with Gasteiger partial charge in [0.2, 0.25) is 11.8 Å². The second kappa shape index (κ2) is 7.35. The van der Waals surface area contributed by atoms with Crippen molar-refractivity contribution in [2.24, 2.45) is 0 Å². The molecular weight excluding hydrogens is 286 g/mol. The van der Waals surface area contributed by atoms with E-state index in [1.165, 1.54) is 0 Å². The minimum atomic E-state index is -1.09. The Balaban J connectivity index is 1.85. The van der Waals surface area contributed by atoms with Crippen molar-refractivity contribution in [2.75, 3.05) is 0 Å². The first kappa shape index (κ1) is 15.7. The molecule has 116 valence electrons. The van der Waals surface area contributed by atoms with Crippen LogP contribution in [0.2, 0.25) is 0 Å². The maximum atomic E-state index is 11.9. The second-order valence-corrected chi connectivity index (χ2v) is 4.84. The molecule has 1 amide bonds. The molecule has 0 fully saturated rings. The summed E-state index contributed by atoms with van der Waals surface area (Å²) in [4.78, 5) is 27.2. The maximum Gasteiger partial charge on any atom is 0.330 e. The summed E-state index contributed by atoms with van der Waals surface area (Å²) in [5.41, 5.74) is 0.538. The number of aromatic nitrogens is 2. The van der Waals surface area contributed by atoms with Crippen LogP contribution in [0.5, 0.6) is 0 Å². The Morgan fingerprint density at radius 2 is 2.05 bits per heavy atom. The van der Waals surface area contributed by atoms with Gasteiger partial charge in [0, 0.05) is 12.8 Å². The summed E-state index contributed by atoms with van der Waals surface area (Å²) in [5.74, 6) is -0.391. The zero-order valence-corrected chi connectivity index (χ0v) is 12.2. The number of carboxylic acids is 1. The van der Waals surface area contributed by atoms with E-state index in [4.69, 9.17) is 4.52 Å². The molecule has 2 N–H and O–H groups in total. The summed E-state index contributed by atoms with van der Waals surface area (Å²) in [5, 5.41) is 15.4. The molecule has 0 saturated carbocycles. The highest BCUT2D eigenvalue weighted by Crippen LogP contribution is 2.13. The van der Waals surface area contributed by atoms with Crippen LogP contribution < -0.4 is 5.32 Å². The number of hydrogen-bond acceptors (Lipinski definition) is 5. The molecule has 0 aliphatic carbocycles. The molecule has 1 aromatic carbocycles. The standard InChI is InChI=1S/C15H17N3O4/c1-10-16-13(22-18-10)9-5-8-12(19)17-14(15(20)21)11-6-3-2-4-7-11/h2-4,6-7,14H,5,8-9H2,1H3,(H,17,19)(H,20,21). The molecule has 0 aliphatic heterocycles. The van der Waals surface area contributed by atoms with E-state index in [1.807, 2.05) is 0 Å². The number of nitrogens with one attached hydrogen (secondary N) is 1. The van der Waals surface area contributed by atoms with Gasteiger partial charge in [0.15, 0.2) is 11.9 Å². The number of rotatable bonds is 7. The zero-order chi connectivity index (χ0) is 15.9. The van der Waals surface area contributed by atoms with Gasteiger partial charge in [0.25, 0.3) is 0 Å². The molecule has 1 heterocycles. The van der Waals surface area contributed by atoms with Gasteiger partial charge < -0.3 is 14.9 Å². The van der Waals surface area contributed by atoms with Crippen LogP contribution in [0.4, 0.5) is 0 Å². The number of amides is 1. The first-order valence-electron chi connectivity index (χ1n) is 6.92. The number of aliphatic carboxylic acids is 1. The third-order valence-electron chi connectivity index (χ3n) is 3.05. The van der Waals surface area contributed by atoms with Crippen LogP contribution in [0.1, 0.15) is 36.2 Å². The third-order valence-corrected chi connectivity index (χ3v) is 3.05. The fourth-order valence-electron chi connectivity index (χ4n) is 2.01. The van der Waals surface area contributed by atoms with Gasteiger partial charge in [-0.1, -0.05) is 35.5 Å². The topological polar surface area (TPSA) is 105 Å². The lowest BCUT2D eigenvalue weighted by Gasteiger charge is -2.14. The first-order valence-corrected chi connectivity index (χ1v) is 6.92. The lowest BCUT2D eigenvalue weighted by Crippen LogP contribution is -2.33. The Bertz CT molecular complexity index is 639. The average molecular weight is 303 g/mol. The molecule has 0 aliphatic rings. The van der Waals surface area contributed by atoms with Crippen molar-refractivity contribution in [3.63, 3.8) is 0 Å². The summed E-state index contributed by atoms with van der Waals surface area (Å²) < 4.78 is 4.95. The van der Waals surface area contributed by atoms with Crippen molar-refractivity contribution >= 4 is 11.9 Å². The van der Waals surface area contributed by atoms with Crippen molar-refractivity contribution in [1.82, 2.24) is 15.5 Å². The summed E-state index contributed by atoms with van der Waals surface area (Å²) in [6.07, 6.45) is 1.18. The van der Waals surface area contributed by atoms with Crippen molar-refractivity contribution in [3.05, 3.63) is 47.6 Å². The van der Waals surface area contributed by atoms with Crippen LogP contribution in [0.15, 0.2) is 34.9 Å². The van der Waals surface area contributed by atoms with Gasteiger partial charge in [-0.25, -0.2) is 4.79 Å². The fraction of sp³-hybridized carbons (Fsp3) is 0.333. The quantitative estimate of drug-likeness (QED) is 0.805. The van der Waals surface area contributed by atoms with Gasteiger partial charge in [0.1, 0.15) is 0 Å². The van der Waals surface area contributed by atoms with Crippen LogP contribution in [0.3, 0.4) is 0 Å². The maximum absolute atomic E-state index is 11.9. The molecule has 0 saturated heterocycles. The molecular formula is C15H17N3O4. The molecule has 2 rings (SSSR count). The monoisotopic (exact) mass is 303 g/mol. The van der Waals surface area contributed by atoms with E-state index in [0.717, 1.165) is 0 Å². The molecule has 0 spiro atoms. The third kappa shape index (κ3) is 4.41. The predicted molar refractivity (Wildman–Crippen MR) is 76.9 cm³/mol. The first-order chi connectivity index (χ1) is 10.6. The number of aryl methyl sites for hydroxylation is 2. The van der Waals surface area contributed by atoms with Crippen LogP contribution in [-0.2, 0) is 16.0 Å². The average Bonchev–Trinajstić information content (AvgIpc) is 2.91. The number of nitrogens with zero attached hydrogens (tertiary/aromatic N) is 2. The van der Waals surface area contributed by atoms with Crippen LogP contribution in [0.25, 0.3) is 0 Å². The Morgan fingerprint density at radius 3 is 2.64 bits per heavy atom. The highest BCUT2D eigenvalue weighted by molar-refractivity contribution is 5.84. The number of carbonyl (C=O) groups is 2. The molecule has 1 aromatic heterocycles. The van der Waals surface area contributed by atoms with Crippen LogP contribution in [-0.4, -0.2) is 27.1 Å². The van der Waals surface area contributed by atoms with E-state index in [1.54, 1.807) is 37.3 Å². The van der Waals surface area contributed by atoms with Gasteiger partial charge in [-0.15, -0.1) is 0 Å². The minimum Gasteiger partial charge on any atom is -0.479 e. The van der Waals surface area contributed by atoms with Crippen molar-refractivity contribution < 1.29 is 19.2 Å². The highest BCUT2D eigenvalue weighted by Gasteiger charge is 2.21. The number of carboxylic acid groups (broad SMARTS) is 1. The number of benzene rings is 1. The van der Waals surface area contributed by atoms with Crippen molar-refractivity contribution in [2.45, 2.75) is 32.2 Å². The van der Waals surface area contributed by atoms with Gasteiger partial charge >= 0.3 is 5.97 Å². The van der Waals surface area contributed by atoms with E-state index in [-0.39, 0.29) is 12.3 Å². The summed E-state index contributed by atoms with van der Waals surface area (Å²) in [7, 11) is 0. The molecule has 0 radical (unpaired) electrons. The fourth-order valence-corrected chi connectivity index (χ4v) is 2.01. The van der Waals surface area contributed by atoms with Crippen molar-refractivity contribution in [1.29, 1.82) is 0 Å². The van der Waals surface area contributed by atoms with Crippen LogP contribution in [0, 0.1) is 6.92 Å². The number of hydrogen-bond donors (Lipinski definition) is 2. The minimum absolute atomic E-state index is 0.193. The normalized spacial score (nSPS) is 11.9. The molecule has 7 heteroatoms. The zero-order valence-electron chi connectivity index (χ0n) is 12.2. The molecule has 7 nitrogen and oxygen atoms in total. The molecule has 0 bridgehead atoms. The largest absolute Gasteiger partial charge is 0.479 e. The van der Waals surface area contributed by atoms with Gasteiger partial charge in [-0.3, -0.25) is 4.79 Å². The van der Waals surface area contributed by atoms with E-state index >= 15 is 0 Å². The SMILES string of the molecule is Cc1noc(CCCC(=O)NC(C(=O)O)c2ccccc2)n1. The Labute approximate surface area is 127 Å². The van der Waals surface area contributed by atoms with Crippen molar-refractivity contribution in [3.8, 4) is 0 Å².